The highest BCUT2D eigenvalue weighted by Crippen LogP contribution is 2.09. The standard InChI is InChI=1S/C14H18O4/c1-3-18-13(15)6-4-5-11-7-9-12(10-8-11)14(16)17-2/h7-10H,3-6H2,1-2H3. The lowest BCUT2D eigenvalue weighted by Crippen LogP contribution is -2.04. The summed E-state index contributed by atoms with van der Waals surface area (Å²) in [5, 5.41) is 0. The van der Waals surface area contributed by atoms with Crippen LogP contribution in [0.25, 0.3) is 0 Å². The van der Waals surface area contributed by atoms with E-state index in [0.29, 0.717) is 18.6 Å². The van der Waals surface area contributed by atoms with Gasteiger partial charge in [0.1, 0.15) is 0 Å². The number of hydrogen-bond donors (Lipinski definition) is 0. The van der Waals surface area contributed by atoms with Gasteiger partial charge in [0.05, 0.1) is 19.3 Å². The Kier molecular flexibility index (Phi) is 5.91. The van der Waals surface area contributed by atoms with E-state index in [2.05, 4.69) is 4.74 Å². The molecule has 0 unspecified atom stereocenters. The van der Waals surface area contributed by atoms with E-state index < -0.39 is 0 Å². The van der Waals surface area contributed by atoms with Gasteiger partial charge in [-0.15, -0.1) is 0 Å². The van der Waals surface area contributed by atoms with E-state index in [1.165, 1.54) is 7.11 Å². The molecule has 18 heavy (non-hydrogen) atoms. The van der Waals surface area contributed by atoms with Gasteiger partial charge in [0.15, 0.2) is 0 Å². The molecule has 1 rings (SSSR count). The first-order valence-electron chi connectivity index (χ1n) is 6.00. The van der Waals surface area contributed by atoms with Crippen LogP contribution in [0.3, 0.4) is 0 Å². The smallest absolute Gasteiger partial charge is 0.337 e. The highest BCUT2D eigenvalue weighted by atomic mass is 16.5. The third-order valence-corrected chi connectivity index (χ3v) is 2.53. The molecule has 0 radical (unpaired) electrons. The van der Waals surface area contributed by atoms with Gasteiger partial charge >= 0.3 is 11.9 Å². The van der Waals surface area contributed by atoms with Gasteiger partial charge in [0.25, 0.3) is 0 Å². The van der Waals surface area contributed by atoms with Crippen molar-refractivity contribution in [2.24, 2.45) is 0 Å². The fourth-order valence-electron chi connectivity index (χ4n) is 1.60. The molecular formula is C14H18O4. The number of methoxy groups -OCH3 is 1. The maximum absolute atomic E-state index is 11.2. The number of ether oxygens (including phenoxy) is 2. The maximum atomic E-state index is 11.2. The third kappa shape index (κ3) is 4.57. The van der Waals surface area contributed by atoms with Gasteiger partial charge in [-0.05, 0) is 37.5 Å². The molecule has 98 valence electrons. The van der Waals surface area contributed by atoms with E-state index in [1.807, 2.05) is 12.1 Å². The predicted molar refractivity (Wildman–Crippen MR) is 67.4 cm³/mol. The molecule has 1 aromatic rings. The molecule has 1 aromatic carbocycles. The number of esters is 2. The highest BCUT2D eigenvalue weighted by molar-refractivity contribution is 5.89. The summed E-state index contributed by atoms with van der Waals surface area (Å²) in [5.41, 5.74) is 1.62. The number of rotatable bonds is 6. The van der Waals surface area contributed by atoms with E-state index in [1.54, 1.807) is 19.1 Å². The Bertz CT molecular complexity index is 395. The van der Waals surface area contributed by atoms with Crippen LogP contribution in [0, 0.1) is 0 Å². The lowest BCUT2D eigenvalue weighted by atomic mass is 10.1. The molecule has 4 nitrogen and oxygen atoms in total. The lowest BCUT2D eigenvalue weighted by molar-refractivity contribution is -0.143. The lowest BCUT2D eigenvalue weighted by Gasteiger charge is -2.03. The molecule has 0 aliphatic rings. The second-order valence-corrected chi connectivity index (χ2v) is 3.85. The normalized spacial score (nSPS) is 9.89. The van der Waals surface area contributed by atoms with Crippen molar-refractivity contribution < 1.29 is 19.1 Å². The van der Waals surface area contributed by atoms with E-state index in [9.17, 15) is 9.59 Å². The summed E-state index contributed by atoms with van der Waals surface area (Å²) in [5.74, 6) is -0.503. The van der Waals surface area contributed by atoms with Crippen LogP contribution in [0.5, 0.6) is 0 Å². The molecule has 0 bridgehead atoms. The fourth-order valence-corrected chi connectivity index (χ4v) is 1.60. The molecule has 0 N–H and O–H groups in total. The molecule has 0 atom stereocenters. The maximum Gasteiger partial charge on any atom is 0.337 e. The predicted octanol–water partition coefficient (Wildman–Crippen LogP) is 2.36. The van der Waals surface area contributed by atoms with Crippen LogP contribution in [0.2, 0.25) is 0 Å². The van der Waals surface area contributed by atoms with Crippen LogP contribution >= 0.6 is 0 Å². The Morgan fingerprint density at radius 2 is 1.83 bits per heavy atom. The summed E-state index contributed by atoms with van der Waals surface area (Å²) >= 11 is 0. The van der Waals surface area contributed by atoms with E-state index >= 15 is 0 Å². The van der Waals surface area contributed by atoms with Crippen LogP contribution < -0.4 is 0 Å². The quantitative estimate of drug-likeness (QED) is 0.727. The van der Waals surface area contributed by atoms with Crippen LogP contribution in [0.1, 0.15) is 35.7 Å². The van der Waals surface area contributed by atoms with Crippen LogP contribution in [-0.4, -0.2) is 25.7 Å². The molecule has 0 heterocycles. The number of carbonyl (C=O) groups is 2. The zero-order valence-corrected chi connectivity index (χ0v) is 10.8. The fraction of sp³-hybridized carbons (Fsp3) is 0.429. The van der Waals surface area contributed by atoms with Crippen molar-refractivity contribution in [3.05, 3.63) is 35.4 Å². The molecule has 0 saturated carbocycles. The van der Waals surface area contributed by atoms with Gasteiger partial charge in [-0.25, -0.2) is 4.79 Å². The summed E-state index contributed by atoms with van der Waals surface area (Å²) in [4.78, 5) is 22.3. The second kappa shape index (κ2) is 7.48. The monoisotopic (exact) mass is 250 g/mol. The highest BCUT2D eigenvalue weighted by Gasteiger charge is 2.05. The van der Waals surface area contributed by atoms with Crippen LogP contribution in [-0.2, 0) is 20.7 Å². The Morgan fingerprint density at radius 1 is 1.17 bits per heavy atom. The second-order valence-electron chi connectivity index (χ2n) is 3.85. The molecule has 0 saturated heterocycles. The largest absolute Gasteiger partial charge is 0.466 e. The van der Waals surface area contributed by atoms with Gasteiger partial charge < -0.3 is 9.47 Å². The first-order valence-corrected chi connectivity index (χ1v) is 6.00. The molecule has 0 spiro atoms. The summed E-state index contributed by atoms with van der Waals surface area (Å²) in [6, 6.07) is 7.20. The third-order valence-electron chi connectivity index (χ3n) is 2.53. The van der Waals surface area contributed by atoms with Gasteiger partial charge in [0.2, 0.25) is 0 Å². The SMILES string of the molecule is CCOC(=O)CCCc1ccc(C(=O)OC)cc1. The van der Waals surface area contributed by atoms with Crippen molar-refractivity contribution >= 4 is 11.9 Å². The van der Waals surface area contributed by atoms with Crippen LogP contribution in [0.15, 0.2) is 24.3 Å². The van der Waals surface area contributed by atoms with Crippen molar-refractivity contribution in [3.8, 4) is 0 Å². The van der Waals surface area contributed by atoms with Gasteiger partial charge in [-0.1, -0.05) is 12.1 Å². The Labute approximate surface area is 107 Å². The molecule has 0 aliphatic heterocycles. The van der Waals surface area contributed by atoms with Gasteiger partial charge in [-0.3, -0.25) is 4.79 Å². The zero-order valence-electron chi connectivity index (χ0n) is 10.8. The summed E-state index contributed by atoms with van der Waals surface area (Å²) < 4.78 is 9.46. The Hall–Kier alpha value is -1.84. The number of hydrogen-bond acceptors (Lipinski definition) is 4. The van der Waals surface area contributed by atoms with Gasteiger partial charge in [0, 0.05) is 6.42 Å². The van der Waals surface area contributed by atoms with E-state index in [4.69, 9.17) is 4.74 Å². The minimum Gasteiger partial charge on any atom is -0.466 e. The molecule has 0 amide bonds. The average Bonchev–Trinajstić information content (AvgIpc) is 2.39. The van der Waals surface area contributed by atoms with Crippen molar-refractivity contribution in [2.75, 3.05) is 13.7 Å². The Morgan fingerprint density at radius 3 is 2.39 bits per heavy atom. The van der Waals surface area contributed by atoms with E-state index in [0.717, 1.165) is 18.4 Å². The number of carbonyl (C=O) groups excluding carboxylic acids is 2. The summed E-state index contributed by atoms with van der Waals surface area (Å²) in [7, 11) is 1.36. The first-order chi connectivity index (χ1) is 8.67. The molecular weight excluding hydrogens is 232 g/mol. The minimum atomic E-state index is -0.340. The molecule has 0 aliphatic carbocycles. The van der Waals surface area contributed by atoms with Gasteiger partial charge in [-0.2, -0.15) is 0 Å². The topological polar surface area (TPSA) is 52.6 Å². The zero-order chi connectivity index (χ0) is 13.4. The minimum absolute atomic E-state index is 0.163. The summed E-state index contributed by atoms with van der Waals surface area (Å²) in [6.45, 7) is 2.22. The number of benzene rings is 1. The van der Waals surface area contributed by atoms with Crippen molar-refractivity contribution in [2.45, 2.75) is 26.2 Å². The first kappa shape index (κ1) is 14.2. The summed E-state index contributed by atoms with van der Waals surface area (Å²) in [6.07, 6.45) is 1.96. The van der Waals surface area contributed by atoms with E-state index in [-0.39, 0.29) is 11.9 Å². The number of aryl methyl sites for hydroxylation is 1. The van der Waals surface area contributed by atoms with Crippen molar-refractivity contribution in [1.29, 1.82) is 0 Å². The van der Waals surface area contributed by atoms with Crippen molar-refractivity contribution in [3.63, 3.8) is 0 Å². The molecule has 0 aromatic heterocycles. The molecule has 4 heteroatoms. The molecule has 0 fully saturated rings. The van der Waals surface area contributed by atoms with Crippen molar-refractivity contribution in [1.82, 2.24) is 0 Å². The van der Waals surface area contributed by atoms with Crippen LogP contribution in [0.4, 0.5) is 0 Å². The Balaban J connectivity index is 2.40. The average molecular weight is 250 g/mol.